The quantitative estimate of drug-likeness (QED) is 0.590. The summed E-state index contributed by atoms with van der Waals surface area (Å²) in [7, 11) is 0. The number of esters is 2. The predicted molar refractivity (Wildman–Crippen MR) is 77.0 cm³/mol. The summed E-state index contributed by atoms with van der Waals surface area (Å²) in [5.41, 5.74) is 4.36. The summed E-state index contributed by atoms with van der Waals surface area (Å²) < 4.78 is 10.1. The second kappa shape index (κ2) is 6.17. The highest BCUT2D eigenvalue weighted by Gasteiger charge is 2.51. The van der Waals surface area contributed by atoms with Crippen LogP contribution in [0, 0.1) is 5.41 Å². The number of aromatic nitrogens is 2. The summed E-state index contributed by atoms with van der Waals surface area (Å²) in [6.07, 6.45) is 0.358. The van der Waals surface area contributed by atoms with Gasteiger partial charge in [-0.05, 0) is 26.7 Å². The third kappa shape index (κ3) is 2.68. The fraction of sp³-hybridized carbons (Fsp3) is 0.571. The minimum absolute atomic E-state index is 0.0171. The van der Waals surface area contributed by atoms with E-state index in [1.54, 1.807) is 13.8 Å². The molecule has 8 heteroatoms. The van der Waals surface area contributed by atoms with Crippen LogP contribution in [0.4, 0.5) is 5.95 Å². The van der Waals surface area contributed by atoms with Gasteiger partial charge in [-0.1, -0.05) is 0 Å². The van der Waals surface area contributed by atoms with Gasteiger partial charge in [0, 0.05) is 12.0 Å². The van der Waals surface area contributed by atoms with Crippen LogP contribution in [0.5, 0.6) is 0 Å². The molecule has 0 saturated carbocycles. The van der Waals surface area contributed by atoms with Gasteiger partial charge >= 0.3 is 11.9 Å². The molecule has 3 N–H and O–H groups in total. The van der Waals surface area contributed by atoms with Crippen LogP contribution in [0.1, 0.15) is 31.5 Å². The average Bonchev–Trinajstić information content (AvgIpc) is 2.47. The number of nitrogens with two attached hydrogens (primary N) is 1. The van der Waals surface area contributed by atoms with Crippen molar-refractivity contribution >= 4 is 17.9 Å². The van der Waals surface area contributed by atoms with Crippen molar-refractivity contribution in [2.24, 2.45) is 5.41 Å². The summed E-state index contributed by atoms with van der Waals surface area (Å²) >= 11 is 0. The molecule has 1 aliphatic rings. The maximum absolute atomic E-state index is 12.3. The molecule has 22 heavy (non-hydrogen) atoms. The summed E-state index contributed by atoms with van der Waals surface area (Å²) in [4.78, 5) is 43.2. The molecule has 0 unspecified atom stereocenters. The van der Waals surface area contributed by atoms with Crippen LogP contribution in [0.15, 0.2) is 4.79 Å². The topological polar surface area (TPSA) is 124 Å². The maximum atomic E-state index is 12.3. The lowest BCUT2D eigenvalue weighted by Crippen LogP contribution is -2.48. The largest absolute Gasteiger partial charge is 0.465 e. The van der Waals surface area contributed by atoms with E-state index in [1.165, 1.54) is 0 Å². The number of hydrogen-bond donors (Lipinski definition) is 2. The van der Waals surface area contributed by atoms with Gasteiger partial charge in [-0.25, -0.2) is 4.98 Å². The Morgan fingerprint density at radius 2 is 1.86 bits per heavy atom. The van der Waals surface area contributed by atoms with Crippen molar-refractivity contribution in [3.63, 3.8) is 0 Å². The van der Waals surface area contributed by atoms with Crippen molar-refractivity contribution in [2.45, 2.75) is 33.1 Å². The first kappa shape index (κ1) is 16.0. The van der Waals surface area contributed by atoms with Gasteiger partial charge in [0.05, 0.1) is 18.9 Å². The Kier molecular flexibility index (Phi) is 4.48. The molecule has 0 spiro atoms. The Bertz CT molecular complexity index is 634. The van der Waals surface area contributed by atoms with Crippen molar-refractivity contribution in [1.29, 1.82) is 0 Å². The molecule has 1 aliphatic carbocycles. The summed E-state index contributed by atoms with van der Waals surface area (Å²) in [6.45, 7) is 3.59. The number of carbonyl (C=O) groups excluding carboxylic acids is 2. The zero-order valence-electron chi connectivity index (χ0n) is 12.6. The van der Waals surface area contributed by atoms with Crippen molar-refractivity contribution < 1.29 is 19.1 Å². The zero-order valence-corrected chi connectivity index (χ0v) is 12.6. The molecule has 0 aliphatic heterocycles. The van der Waals surface area contributed by atoms with E-state index in [0.717, 1.165) is 0 Å². The second-order valence-corrected chi connectivity index (χ2v) is 5.08. The van der Waals surface area contributed by atoms with Gasteiger partial charge in [-0.15, -0.1) is 0 Å². The van der Waals surface area contributed by atoms with Crippen molar-refractivity contribution in [1.82, 2.24) is 9.97 Å². The fourth-order valence-corrected chi connectivity index (χ4v) is 2.64. The molecule has 1 heterocycles. The third-order valence-electron chi connectivity index (χ3n) is 3.72. The Hall–Kier alpha value is -2.38. The Balaban J connectivity index is 2.46. The highest BCUT2D eigenvalue weighted by molar-refractivity contribution is 6.00. The van der Waals surface area contributed by atoms with Crippen molar-refractivity contribution in [3.05, 3.63) is 21.6 Å². The standard InChI is InChI=1S/C14H19N3O5/c1-3-21-11(19)14(12(20)22-4-2)6-5-9-8(7-14)10(18)17-13(15)16-9/h3-7H2,1-2H3,(H3,15,16,17,18). The Morgan fingerprint density at radius 3 is 2.41 bits per heavy atom. The molecule has 0 radical (unpaired) electrons. The lowest BCUT2D eigenvalue weighted by atomic mass is 9.73. The monoisotopic (exact) mass is 309 g/mol. The molecule has 0 atom stereocenters. The smallest absolute Gasteiger partial charge is 0.323 e. The molecule has 0 bridgehead atoms. The average molecular weight is 309 g/mol. The first-order chi connectivity index (χ1) is 10.4. The van der Waals surface area contributed by atoms with E-state index in [9.17, 15) is 14.4 Å². The molecule has 0 saturated heterocycles. The number of nitrogens with one attached hydrogen (secondary N) is 1. The molecule has 2 rings (SSSR count). The molecule has 0 amide bonds. The molecule has 0 fully saturated rings. The van der Waals surface area contributed by atoms with Gasteiger partial charge in [-0.3, -0.25) is 19.4 Å². The number of nitrogen functional groups attached to an aromatic ring is 1. The number of anilines is 1. The van der Waals surface area contributed by atoms with E-state index in [4.69, 9.17) is 15.2 Å². The number of H-pyrrole nitrogens is 1. The minimum Gasteiger partial charge on any atom is -0.465 e. The Labute approximate surface area is 127 Å². The number of ether oxygens (including phenoxy) is 2. The van der Waals surface area contributed by atoms with E-state index in [1.807, 2.05) is 0 Å². The van der Waals surface area contributed by atoms with Crippen LogP contribution in [-0.2, 0) is 31.9 Å². The highest BCUT2D eigenvalue weighted by Crippen LogP contribution is 2.36. The van der Waals surface area contributed by atoms with E-state index < -0.39 is 22.9 Å². The summed E-state index contributed by atoms with van der Waals surface area (Å²) in [6, 6.07) is 0. The van der Waals surface area contributed by atoms with Gasteiger partial charge in [0.1, 0.15) is 0 Å². The van der Waals surface area contributed by atoms with Gasteiger partial charge < -0.3 is 15.2 Å². The lowest BCUT2D eigenvalue weighted by Gasteiger charge is -2.32. The van der Waals surface area contributed by atoms with Crippen LogP contribution < -0.4 is 11.3 Å². The fourth-order valence-electron chi connectivity index (χ4n) is 2.64. The number of aryl methyl sites for hydroxylation is 1. The van der Waals surface area contributed by atoms with Crippen LogP contribution in [0.25, 0.3) is 0 Å². The summed E-state index contributed by atoms with van der Waals surface area (Å²) in [5, 5.41) is 0. The Morgan fingerprint density at radius 1 is 1.27 bits per heavy atom. The number of fused-ring (bicyclic) bond motifs is 1. The molecular weight excluding hydrogens is 290 g/mol. The maximum Gasteiger partial charge on any atom is 0.323 e. The normalized spacial score (nSPS) is 15.7. The van der Waals surface area contributed by atoms with Crippen LogP contribution in [0.2, 0.25) is 0 Å². The van der Waals surface area contributed by atoms with Gasteiger partial charge in [0.15, 0.2) is 5.41 Å². The van der Waals surface area contributed by atoms with Crippen molar-refractivity contribution in [3.8, 4) is 0 Å². The highest BCUT2D eigenvalue weighted by atomic mass is 16.6. The first-order valence-corrected chi connectivity index (χ1v) is 7.16. The van der Waals surface area contributed by atoms with E-state index in [2.05, 4.69) is 9.97 Å². The molecule has 0 aromatic carbocycles. The number of carbonyl (C=O) groups is 2. The molecular formula is C14H19N3O5. The summed E-state index contributed by atoms with van der Waals surface area (Å²) in [5.74, 6) is -1.32. The van der Waals surface area contributed by atoms with Crippen molar-refractivity contribution in [2.75, 3.05) is 18.9 Å². The lowest BCUT2D eigenvalue weighted by molar-refractivity contribution is -0.173. The number of aromatic amines is 1. The third-order valence-corrected chi connectivity index (χ3v) is 3.72. The molecule has 8 nitrogen and oxygen atoms in total. The molecule has 120 valence electrons. The van der Waals surface area contributed by atoms with E-state index in [0.29, 0.717) is 5.69 Å². The number of nitrogens with zero attached hydrogens (tertiary/aromatic N) is 1. The zero-order chi connectivity index (χ0) is 16.3. The molecule has 1 aromatic heterocycles. The van der Waals surface area contributed by atoms with Gasteiger partial charge in [-0.2, -0.15) is 0 Å². The number of hydrogen-bond acceptors (Lipinski definition) is 7. The predicted octanol–water partition coefficient (Wildman–Crippen LogP) is -0.0466. The minimum atomic E-state index is -1.50. The second-order valence-electron chi connectivity index (χ2n) is 5.08. The van der Waals surface area contributed by atoms with Crippen LogP contribution >= 0.6 is 0 Å². The number of rotatable bonds is 4. The first-order valence-electron chi connectivity index (χ1n) is 7.16. The molecule has 1 aromatic rings. The van der Waals surface area contributed by atoms with Gasteiger partial charge in [0.2, 0.25) is 5.95 Å². The SMILES string of the molecule is CCOC(=O)C1(C(=O)OCC)CCc2nc(N)[nH]c(=O)c2C1. The van der Waals surface area contributed by atoms with Crippen LogP contribution in [-0.4, -0.2) is 35.1 Å². The van der Waals surface area contributed by atoms with E-state index >= 15 is 0 Å². The van der Waals surface area contributed by atoms with Crippen LogP contribution in [0.3, 0.4) is 0 Å². The van der Waals surface area contributed by atoms with E-state index in [-0.39, 0.29) is 44.0 Å². The van der Waals surface area contributed by atoms with Gasteiger partial charge in [0.25, 0.3) is 5.56 Å².